The first-order valence-electron chi connectivity index (χ1n) is 7.00. The van der Waals surface area contributed by atoms with Gasteiger partial charge >= 0.3 is 0 Å². The second-order valence-electron chi connectivity index (χ2n) is 4.17. The Balaban J connectivity index is 2.12. The Morgan fingerprint density at radius 1 is 1.10 bits per heavy atom. The van der Waals surface area contributed by atoms with E-state index in [-0.39, 0.29) is 0 Å². The van der Waals surface area contributed by atoms with Gasteiger partial charge in [0.05, 0.1) is 6.61 Å². The van der Waals surface area contributed by atoms with Crippen LogP contribution in [0.2, 0.25) is 0 Å². The van der Waals surface area contributed by atoms with Crippen LogP contribution in [-0.2, 0) is 4.74 Å². The Bertz CT molecular complexity index is 530. The van der Waals surface area contributed by atoms with Gasteiger partial charge in [-0.3, -0.25) is 0 Å². The number of nitrogens with zero attached hydrogens (tertiary/aromatic N) is 6. The number of anilines is 2. The molecule has 0 amide bonds. The molecule has 2 aromatic rings. The van der Waals surface area contributed by atoms with Crippen LogP contribution >= 0.6 is 0 Å². The van der Waals surface area contributed by atoms with E-state index in [0.717, 1.165) is 13.0 Å². The van der Waals surface area contributed by atoms with E-state index in [1.807, 2.05) is 6.92 Å². The van der Waals surface area contributed by atoms with E-state index in [4.69, 9.17) is 4.74 Å². The standard InChI is InChI=1S/C12H20N8O/c1-3-5-14-10-17-11(15-6-7-21-4-2)19-12(18-10)20-9-13-8-16-20/h8-9H,3-7H2,1-2H3,(H2,14,15,17,18,19). The summed E-state index contributed by atoms with van der Waals surface area (Å²) in [6.07, 6.45) is 3.96. The largest absolute Gasteiger partial charge is 0.380 e. The van der Waals surface area contributed by atoms with Gasteiger partial charge in [0, 0.05) is 19.7 Å². The minimum atomic E-state index is 0.417. The molecule has 0 radical (unpaired) electrons. The number of hydrogen-bond donors (Lipinski definition) is 2. The molecule has 114 valence electrons. The van der Waals surface area contributed by atoms with Crippen molar-refractivity contribution < 1.29 is 4.74 Å². The lowest BCUT2D eigenvalue weighted by atomic mass is 10.5. The maximum atomic E-state index is 5.28. The van der Waals surface area contributed by atoms with Crippen molar-refractivity contribution in [1.82, 2.24) is 29.7 Å². The second-order valence-corrected chi connectivity index (χ2v) is 4.17. The Kier molecular flexibility index (Phi) is 5.83. The van der Waals surface area contributed by atoms with Crippen molar-refractivity contribution in [3.8, 4) is 5.95 Å². The van der Waals surface area contributed by atoms with Crippen LogP contribution in [0, 0.1) is 0 Å². The highest BCUT2D eigenvalue weighted by Crippen LogP contribution is 2.08. The summed E-state index contributed by atoms with van der Waals surface area (Å²) in [5.74, 6) is 1.41. The lowest BCUT2D eigenvalue weighted by Crippen LogP contribution is -2.16. The number of nitrogens with one attached hydrogen (secondary N) is 2. The average Bonchev–Trinajstić information content (AvgIpc) is 3.04. The van der Waals surface area contributed by atoms with Crippen LogP contribution in [0.3, 0.4) is 0 Å². The van der Waals surface area contributed by atoms with E-state index in [1.54, 1.807) is 6.33 Å². The fourth-order valence-corrected chi connectivity index (χ4v) is 1.55. The molecule has 0 bridgehead atoms. The third-order valence-corrected chi connectivity index (χ3v) is 2.51. The normalized spacial score (nSPS) is 10.6. The van der Waals surface area contributed by atoms with Crippen molar-refractivity contribution in [1.29, 1.82) is 0 Å². The van der Waals surface area contributed by atoms with Crippen LogP contribution in [0.15, 0.2) is 12.7 Å². The lowest BCUT2D eigenvalue weighted by Gasteiger charge is -2.09. The lowest BCUT2D eigenvalue weighted by molar-refractivity contribution is 0.158. The van der Waals surface area contributed by atoms with Crippen molar-refractivity contribution in [2.24, 2.45) is 0 Å². The monoisotopic (exact) mass is 292 g/mol. The van der Waals surface area contributed by atoms with E-state index in [9.17, 15) is 0 Å². The minimum Gasteiger partial charge on any atom is -0.380 e. The molecule has 2 rings (SSSR count). The molecule has 2 N–H and O–H groups in total. The van der Waals surface area contributed by atoms with Crippen LogP contribution < -0.4 is 10.6 Å². The van der Waals surface area contributed by atoms with Crippen LogP contribution in [-0.4, -0.2) is 56.0 Å². The molecule has 9 nitrogen and oxygen atoms in total. The summed E-state index contributed by atoms with van der Waals surface area (Å²) in [6.45, 7) is 6.73. The van der Waals surface area contributed by atoms with E-state index in [1.165, 1.54) is 11.0 Å². The first-order valence-corrected chi connectivity index (χ1v) is 7.00. The van der Waals surface area contributed by atoms with Gasteiger partial charge in [-0.05, 0) is 13.3 Å². The Morgan fingerprint density at radius 2 is 1.86 bits per heavy atom. The summed E-state index contributed by atoms with van der Waals surface area (Å²) in [5, 5.41) is 10.3. The fourth-order valence-electron chi connectivity index (χ4n) is 1.55. The zero-order chi connectivity index (χ0) is 14.9. The van der Waals surface area contributed by atoms with Crippen molar-refractivity contribution in [2.75, 3.05) is 36.9 Å². The molecule has 0 aliphatic carbocycles. The maximum absolute atomic E-state index is 5.28. The third-order valence-electron chi connectivity index (χ3n) is 2.51. The zero-order valence-electron chi connectivity index (χ0n) is 12.3. The Morgan fingerprint density at radius 3 is 2.48 bits per heavy atom. The summed E-state index contributed by atoms with van der Waals surface area (Å²) in [7, 11) is 0. The molecule has 0 fully saturated rings. The second kappa shape index (κ2) is 8.10. The molecule has 0 aromatic carbocycles. The van der Waals surface area contributed by atoms with Gasteiger partial charge in [0.25, 0.3) is 5.95 Å². The van der Waals surface area contributed by atoms with Crippen LogP contribution in [0.5, 0.6) is 0 Å². The van der Waals surface area contributed by atoms with Gasteiger partial charge in [-0.1, -0.05) is 6.92 Å². The Labute approximate surface area is 123 Å². The molecular weight excluding hydrogens is 272 g/mol. The highest BCUT2D eigenvalue weighted by Gasteiger charge is 2.08. The first-order chi connectivity index (χ1) is 10.3. The van der Waals surface area contributed by atoms with Crippen molar-refractivity contribution in [2.45, 2.75) is 20.3 Å². The third kappa shape index (κ3) is 4.63. The van der Waals surface area contributed by atoms with Crippen molar-refractivity contribution in [3.63, 3.8) is 0 Å². The van der Waals surface area contributed by atoms with Gasteiger partial charge in [-0.2, -0.15) is 24.7 Å². The minimum absolute atomic E-state index is 0.417. The molecule has 2 heterocycles. The highest BCUT2D eigenvalue weighted by atomic mass is 16.5. The number of aromatic nitrogens is 6. The van der Waals surface area contributed by atoms with Crippen molar-refractivity contribution >= 4 is 11.9 Å². The van der Waals surface area contributed by atoms with Gasteiger partial charge in [0.15, 0.2) is 0 Å². The first kappa shape index (κ1) is 15.1. The highest BCUT2D eigenvalue weighted by molar-refractivity contribution is 5.37. The zero-order valence-corrected chi connectivity index (χ0v) is 12.3. The molecule has 9 heteroatoms. The molecule has 0 aliphatic heterocycles. The predicted molar refractivity (Wildman–Crippen MR) is 78.5 cm³/mol. The van der Waals surface area contributed by atoms with Gasteiger partial charge in [0.1, 0.15) is 12.7 Å². The van der Waals surface area contributed by atoms with Gasteiger partial charge in [-0.15, -0.1) is 0 Å². The van der Waals surface area contributed by atoms with E-state index < -0.39 is 0 Å². The van der Waals surface area contributed by atoms with Crippen LogP contribution in [0.25, 0.3) is 5.95 Å². The van der Waals surface area contributed by atoms with Gasteiger partial charge in [-0.25, -0.2) is 4.98 Å². The molecule has 0 aliphatic rings. The molecule has 0 saturated heterocycles. The molecule has 2 aromatic heterocycles. The molecular formula is C12H20N8O. The molecule has 0 unspecified atom stereocenters. The summed E-state index contributed by atoms with van der Waals surface area (Å²) in [4.78, 5) is 16.8. The van der Waals surface area contributed by atoms with E-state index >= 15 is 0 Å². The summed E-state index contributed by atoms with van der Waals surface area (Å²) in [6, 6.07) is 0. The number of rotatable bonds is 9. The van der Waals surface area contributed by atoms with Gasteiger partial charge in [0.2, 0.25) is 11.9 Å². The molecule has 0 atom stereocenters. The number of ether oxygens (including phenoxy) is 1. The topological polar surface area (TPSA) is 103 Å². The predicted octanol–water partition coefficient (Wildman–Crippen LogP) is 0.723. The summed E-state index contributed by atoms with van der Waals surface area (Å²) in [5.41, 5.74) is 0. The molecule has 0 spiro atoms. The fraction of sp³-hybridized carbons (Fsp3) is 0.583. The molecule has 0 saturated carbocycles. The maximum Gasteiger partial charge on any atom is 0.258 e. The summed E-state index contributed by atoms with van der Waals surface area (Å²) >= 11 is 0. The number of hydrogen-bond acceptors (Lipinski definition) is 8. The van der Waals surface area contributed by atoms with E-state index in [2.05, 4.69) is 42.6 Å². The Hall–Kier alpha value is -2.29. The van der Waals surface area contributed by atoms with Crippen molar-refractivity contribution in [3.05, 3.63) is 12.7 Å². The SMILES string of the molecule is CCCNc1nc(NCCOCC)nc(-n2cncn2)n1. The van der Waals surface area contributed by atoms with Gasteiger partial charge < -0.3 is 15.4 Å². The average molecular weight is 292 g/mol. The summed E-state index contributed by atoms with van der Waals surface area (Å²) < 4.78 is 6.77. The molecule has 21 heavy (non-hydrogen) atoms. The smallest absolute Gasteiger partial charge is 0.258 e. The van der Waals surface area contributed by atoms with Crippen LogP contribution in [0.1, 0.15) is 20.3 Å². The quantitative estimate of drug-likeness (QED) is 0.652. The van der Waals surface area contributed by atoms with Crippen LogP contribution in [0.4, 0.5) is 11.9 Å². The van der Waals surface area contributed by atoms with E-state index in [0.29, 0.717) is 37.6 Å².